The van der Waals surface area contributed by atoms with Crippen LogP contribution in [0.1, 0.15) is 11.9 Å². The Morgan fingerprint density at radius 3 is 2.65 bits per heavy atom. The van der Waals surface area contributed by atoms with Crippen LogP contribution in [0.5, 0.6) is 5.75 Å². The Kier molecular flexibility index (Phi) is 4.20. The smallest absolute Gasteiger partial charge is 0.221 e. The average Bonchev–Trinajstić information content (AvgIpc) is 2.94. The number of carbonyl (C=O) groups is 1. The second-order valence-electron chi connectivity index (χ2n) is 4.81. The number of nitrogens with one attached hydrogen (secondary N) is 1. The first-order valence-corrected chi connectivity index (χ1v) is 7.58. The van der Waals surface area contributed by atoms with Crippen molar-refractivity contribution in [3.05, 3.63) is 53.0 Å². The number of aromatic nitrogens is 1. The Hall–Kier alpha value is -2.54. The van der Waals surface area contributed by atoms with Gasteiger partial charge in [0.05, 0.1) is 4.70 Å². The first-order valence-electron chi connectivity index (χ1n) is 6.77. The van der Waals surface area contributed by atoms with Crippen molar-refractivity contribution in [2.75, 3.05) is 5.32 Å². The van der Waals surface area contributed by atoms with Gasteiger partial charge in [-0.3, -0.25) is 4.79 Å². The number of anilines is 1. The number of fused-ring (bicyclic) bond motifs is 1. The lowest BCUT2D eigenvalue weighted by Crippen LogP contribution is -2.05. The van der Waals surface area contributed by atoms with E-state index in [9.17, 15) is 13.6 Å². The monoisotopic (exact) mass is 334 g/mol. The molecule has 4 nitrogen and oxygen atoms in total. The molecule has 3 aromatic rings. The molecule has 1 amide bonds. The van der Waals surface area contributed by atoms with Crippen LogP contribution in [0.4, 0.5) is 14.5 Å². The fourth-order valence-electron chi connectivity index (χ4n) is 2.03. The highest BCUT2D eigenvalue weighted by atomic mass is 32.1. The fourth-order valence-corrected chi connectivity index (χ4v) is 2.90. The van der Waals surface area contributed by atoms with Crippen molar-refractivity contribution in [1.82, 2.24) is 4.98 Å². The third kappa shape index (κ3) is 3.45. The topological polar surface area (TPSA) is 51.2 Å². The second kappa shape index (κ2) is 6.29. The van der Waals surface area contributed by atoms with Gasteiger partial charge in [0.25, 0.3) is 0 Å². The molecule has 1 aromatic heterocycles. The molecule has 0 aliphatic rings. The molecule has 0 bridgehead atoms. The largest absolute Gasteiger partial charge is 0.486 e. The van der Waals surface area contributed by atoms with Gasteiger partial charge in [-0.2, -0.15) is 0 Å². The number of hydrogen-bond acceptors (Lipinski definition) is 4. The molecule has 7 heteroatoms. The Morgan fingerprint density at radius 2 is 1.96 bits per heavy atom. The van der Waals surface area contributed by atoms with E-state index in [0.29, 0.717) is 21.1 Å². The van der Waals surface area contributed by atoms with E-state index >= 15 is 0 Å². The van der Waals surface area contributed by atoms with Gasteiger partial charge in [0.2, 0.25) is 5.91 Å². The predicted octanol–water partition coefficient (Wildman–Crippen LogP) is 4.11. The zero-order chi connectivity index (χ0) is 16.4. The van der Waals surface area contributed by atoms with E-state index in [4.69, 9.17) is 4.74 Å². The van der Waals surface area contributed by atoms with E-state index in [-0.39, 0.29) is 18.0 Å². The third-order valence-electron chi connectivity index (χ3n) is 3.03. The maximum absolute atomic E-state index is 13.6. The van der Waals surface area contributed by atoms with Crippen LogP contribution >= 0.6 is 11.3 Å². The van der Waals surface area contributed by atoms with Crippen LogP contribution in [0.25, 0.3) is 10.2 Å². The first kappa shape index (κ1) is 15.4. The number of thiazole rings is 1. The van der Waals surface area contributed by atoms with Gasteiger partial charge >= 0.3 is 0 Å². The van der Waals surface area contributed by atoms with Gasteiger partial charge in [-0.15, -0.1) is 11.3 Å². The molecule has 0 aliphatic carbocycles. The van der Waals surface area contributed by atoms with Crippen molar-refractivity contribution in [1.29, 1.82) is 0 Å². The number of halogens is 2. The predicted molar refractivity (Wildman–Crippen MR) is 84.6 cm³/mol. The molecule has 0 aliphatic heterocycles. The summed E-state index contributed by atoms with van der Waals surface area (Å²) in [6, 6.07) is 9.42. The third-order valence-corrected chi connectivity index (χ3v) is 4.03. The van der Waals surface area contributed by atoms with E-state index in [1.54, 1.807) is 24.3 Å². The molecular formula is C16H12F2N2O2S. The van der Waals surface area contributed by atoms with E-state index < -0.39 is 11.6 Å². The minimum absolute atomic E-state index is 0.0228. The highest BCUT2D eigenvalue weighted by molar-refractivity contribution is 7.18. The van der Waals surface area contributed by atoms with Gasteiger partial charge in [0, 0.05) is 12.6 Å². The average molecular weight is 334 g/mol. The lowest BCUT2D eigenvalue weighted by molar-refractivity contribution is -0.114. The zero-order valence-corrected chi connectivity index (χ0v) is 12.9. The summed E-state index contributed by atoms with van der Waals surface area (Å²) in [6.45, 7) is 1.58. The maximum Gasteiger partial charge on any atom is 0.221 e. The van der Waals surface area contributed by atoms with E-state index in [2.05, 4.69) is 10.3 Å². The van der Waals surface area contributed by atoms with Gasteiger partial charge in [-0.05, 0) is 36.4 Å². The van der Waals surface area contributed by atoms with Gasteiger partial charge < -0.3 is 10.1 Å². The number of amides is 1. The highest BCUT2D eigenvalue weighted by Crippen LogP contribution is 2.27. The minimum atomic E-state index is -0.940. The number of hydrogen-bond donors (Lipinski definition) is 1. The molecule has 0 spiro atoms. The molecular weight excluding hydrogens is 322 g/mol. The number of nitrogens with zero attached hydrogens (tertiary/aromatic N) is 1. The molecule has 0 radical (unpaired) electrons. The van der Waals surface area contributed by atoms with Gasteiger partial charge in [0.1, 0.15) is 22.9 Å². The Morgan fingerprint density at radius 1 is 1.22 bits per heavy atom. The van der Waals surface area contributed by atoms with Gasteiger partial charge in [-0.1, -0.05) is 0 Å². The lowest BCUT2D eigenvalue weighted by atomic mass is 10.3. The number of carbonyl (C=O) groups excluding carboxylic acids is 1. The lowest BCUT2D eigenvalue weighted by Gasteiger charge is -2.05. The molecule has 0 unspecified atom stereocenters. The van der Waals surface area contributed by atoms with Crippen LogP contribution in [0.15, 0.2) is 36.4 Å². The van der Waals surface area contributed by atoms with Crippen molar-refractivity contribution in [2.45, 2.75) is 13.5 Å². The Labute approximate surface area is 134 Å². The van der Waals surface area contributed by atoms with Crippen molar-refractivity contribution >= 4 is 33.1 Å². The minimum Gasteiger partial charge on any atom is -0.486 e. The summed E-state index contributed by atoms with van der Waals surface area (Å²) >= 11 is 1.25. The van der Waals surface area contributed by atoms with E-state index in [1.165, 1.54) is 24.3 Å². The van der Waals surface area contributed by atoms with E-state index in [1.807, 2.05) is 0 Å². The van der Waals surface area contributed by atoms with E-state index in [0.717, 1.165) is 6.07 Å². The summed E-state index contributed by atoms with van der Waals surface area (Å²) in [5.41, 5.74) is 0.692. The second-order valence-corrected chi connectivity index (χ2v) is 5.93. The molecule has 23 heavy (non-hydrogen) atoms. The maximum atomic E-state index is 13.6. The van der Waals surface area contributed by atoms with Crippen molar-refractivity contribution in [2.24, 2.45) is 0 Å². The summed E-state index contributed by atoms with van der Waals surface area (Å²) in [5.74, 6) is -1.42. The van der Waals surface area contributed by atoms with Crippen molar-refractivity contribution < 1.29 is 18.3 Å². The van der Waals surface area contributed by atoms with Crippen LogP contribution in [0, 0.1) is 11.6 Å². The van der Waals surface area contributed by atoms with Crippen LogP contribution in [0.2, 0.25) is 0 Å². The number of rotatable bonds is 4. The van der Waals surface area contributed by atoms with Crippen LogP contribution < -0.4 is 10.1 Å². The summed E-state index contributed by atoms with van der Waals surface area (Å²) in [5, 5.41) is 3.20. The molecule has 2 aromatic carbocycles. The molecule has 0 saturated heterocycles. The van der Waals surface area contributed by atoms with Crippen LogP contribution in [-0.2, 0) is 11.4 Å². The van der Waals surface area contributed by atoms with Gasteiger partial charge in [-0.25, -0.2) is 13.8 Å². The standard InChI is InChI=1S/C16H12F2N2O2S/c1-9(21)19-10-2-4-11(5-3-10)22-8-14-20-16-13(23-14)7-6-12(17)15(16)18/h2-7H,8H2,1H3,(H,19,21). The molecule has 1 heterocycles. The van der Waals surface area contributed by atoms with Crippen molar-refractivity contribution in [3.8, 4) is 5.75 Å². The summed E-state index contributed by atoms with van der Waals surface area (Å²) in [4.78, 5) is 15.0. The first-order chi connectivity index (χ1) is 11.0. The SMILES string of the molecule is CC(=O)Nc1ccc(OCc2nc3c(F)c(F)ccc3s2)cc1. The molecule has 0 saturated carbocycles. The molecule has 118 valence electrons. The highest BCUT2D eigenvalue weighted by Gasteiger charge is 2.12. The summed E-state index contributed by atoms with van der Waals surface area (Å²) in [6.07, 6.45) is 0. The number of benzene rings is 2. The zero-order valence-electron chi connectivity index (χ0n) is 12.1. The number of ether oxygens (including phenoxy) is 1. The molecule has 0 fully saturated rings. The van der Waals surface area contributed by atoms with Crippen LogP contribution in [-0.4, -0.2) is 10.9 Å². The summed E-state index contributed by atoms with van der Waals surface area (Å²) < 4.78 is 32.9. The van der Waals surface area contributed by atoms with Crippen molar-refractivity contribution in [3.63, 3.8) is 0 Å². The van der Waals surface area contributed by atoms with Gasteiger partial charge in [0.15, 0.2) is 11.6 Å². The van der Waals surface area contributed by atoms with Crippen LogP contribution in [0.3, 0.4) is 0 Å². The fraction of sp³-hybridized carbons (Fsp3) is 0.125. The normalized spacial score (nSPS) is 10.7. The molecule has 3 rings (SSSR count). The molecule has 1 N–H and O–H groups in total. The summed E-state index contributed by atoms with van der Waals surface area (Å²) in [7, 11) is 0. The Balaban J connectivity index is 1.70. The Bertz CT molecular complexity index is 862. The quantitative estimate of drug-likeness (QED) is 0.781. The molecule has 0 atom stereocenters.